The Morgan fingerprint density at radius 3 is 1.03 bits per heavy atom. The third-order valence-electron chi connectivity index (χ3n) is 5.61. The number of carbonyl (C=O) groups excluding carboxylic acids is 4. The average Bonchev–Trinajstić information content (AvgIpc) is 2.79. The van der Waals surface area contributed by atoms with Crippen LogP contribution in [0.1, 0.15) is 78.1 Å². The molecule has 37 heavy (non-hydrogen) atoms. The topological polar surface area (TPSA) is 161 Å². The first kappa shape index (κ1) is 41.6. The third-order valence-corrected chi connectivity index (χ3v) is 10.5. The molecular weight excluding hydrogens is 663 g/mol. The Morgan fingerprint density at radius 1 is 0.595 bits per heavy atom. The number of carbonyl (C=O) groups is 4. The predicted molar refractivity (Wildman–Crippen MR) is 153 cm³/mol. The van der Waals surface area contributed by atoms with Gasteiger partial charge in [0.25, 0.3) is 0 Å². The summed E-state index contributed by atoms with van der Waals surface area (Å²) in [4.78, 5) is 42.6. The molecule has 0 aliphatic rings. The van der Waals surface area contributed by atoms with Crippen molar-refractivity contribution in [1.82, 2.24) is 0 Å². The zero-order valence-corrected chi connectivity index (χ0v) is 28.3. The fraction of sp³-hybridized carbons (Fsp3) is 0.833. The van der Waals surface area contributed by atoms with Crippen molar-refractivity contribution in [2.45, 2.75) is 86.9 Å². The van der Waals surface area contributed by atoms with Crippen LogP contribution in [-0.2, 0) is 19.2 Å². The summed E-state index contributed by atoms with van der Waals surface area (Å²) in [5.41, 5.74) is -2.77. The largest absolute Gasteiger partial charge is 0.550 e. The van der Waals surface area contributed by atoms with E-state index in [9.17, 15) is 39.6 Å². The number of carboxylic acid groups (broad SMARTS) is 4. The normalized spacial score (nSPS) is 11.0. The van der Waals surface area contributed by atoms with Crippen molar-refractivity contribution in [3.63, 3.8) is 0 Å². The number of thiol groups is 4. The summed E-state index contributed by atoms with van der Waals surface area (Å²) >= 11 is 15.7. The molecule has 13 heteroatoms. The zero-order valence-electron chi connectivity index (χ0n) is 21.9. The van der Waals surface area contributed by atoms with Gasteiger partial charge in [-0.05, 0) is 61.5 Å². The van der Waals surface area contributed by atoms with E-state index in [1.54, 1.807) is 8.87 Å². The van der Waals surface area contributed by atoms with Crippen LogP contribution >= 0.6 is 50.5 Å². The number of aliphatic carboxylic acids is 4. The van der Waals surface area contributed by atoms with Crippen LogP contribution in [0.25, 0.3) is 0 Å². The predicted octanol–water partition coefficient (Wildman–Crippen LogP) is 0.132. The summed E-state index contributed by atoms with van der Waals surface area (Å²) < 4.78 is 3.25. The van der Waals surface area contributed by atoms with Crippen molar-refractivity contribution in [3.05, 3.63) is 0 Å². The number of unbranched alkanes of at least 4 members (excludes halogenated alkanes) is 2. The van der Waals surface area contributed by atoms with E-state index in [-0.39, 0.29) is 69.8 Å². The van der Waals surface area contributed by atoms with Crippen LogP contribution in [0.3, 0.4) is 0 Å². The second-order valence-electron chi connectivity index (χ2n) is 8.58. The molecule has 0 amide bonds. The Hall–Kier alpha value is 0.0787. The molecule has 6 radical (unpaired) electrons. The minimum Gasteiger partial charge on any atom is -0.550 e. The average molecular weight is 706 g/mol. The summed E-state index contributed by atoms with van der Waals surface area (Å²) in [5, 5.41) is 42.6. The van der Waals surface area contributed by atoms with Crippen molar-refractivity contribution in [2.24, 2.45) is 10.8 Å². The SMILES string of the molecule is CCC[CH2][Sn+4][CH2]CCC.O=C([O-])CC(CCS)(CCS)C(=O)[O-].O=C([O-])CC(CCS)(CCS)C(=O)[O-]. The minimum absolute atomic E-state index is 0.146. The second kappa shape index (κ2) is 26.3. The number of carboxylic acids is 4. The molecule has 0 atom stereocenters. The smallest absolute Gasteiger partial charge is 0.0480 e. The summed E-state index contributed by atoms with van der Waals surface area (Å²) in [6, 6.07) is 0. The van der Waals surface area contributed by atoms with Gasteiger partial charge in [-0.2, -0.15) is 50.5 Å². The summed E-state index contributed by atoms with van der Waals surface area (Å²) in [6.07, 6.45) is 5.33. The number of hydrogen-bond donors (Lipinski definition) is 4. The molecule has 0 N–H and O–H groups in total. The van der Waals surface area contributed by atoms with Gasteiger partial charge in [0.2, 0.25) is 0 Å². The molecule has 0 heterocycles. The molecule has 0 aromatic heterocycles. The molecule has 0 aliphatic carbocycles. The van der Waals surface area contributed by atoms with Gasteiger partial charge in [0, 0.05) is 34.7 Å². The second-order valence-corrected chi connectivity index (χ2v) is 14.7. The van der Waals surface area contributed by atoms with Gasteiger partial charge in [0.1, 0.15) is 0 Å². The van der Waals surface area contributed by atoms with Crippen LogP contribution in [0.4, 0.5) is 0 Å². The van der Waals surface area contributed by atoms with E-state index in [2.05, 4.69) is 64.4 Å². The third kappa shape index (κ3) is 21.6. The molecule has 0 spiro atoms. The van der Waals surface area contributed by atoms with Crippen LogP contribution < -0.4 is 20.4 Å². The molecule has 8 nitrogen and oxygen atoms in total. The maximum atomic E-state index is 10.9. The fourth-order valence-corrected chi connectivity index (χ4v) is 9.16. The van der Waals surface area contributed by atoms with Crippen molar-refractivity contribution >= 4 is 95.5 Å². The minimum atomic E-state index is -1.39. The van der Waals surface area contributed by atoms with Crippen LogP contribution in [0.15, 0.2) is 0 Å². The molecular formula is C24H42O8S4Sn. The van der Waals surface area contributed by atoms with Gasteiger partial charge in [0.15, 0.2) is 0 Å². The zero-order chi connectivity index (χ0) is 29.3. The molecule has 0 aromatic carbocycles. The first-order valence-electron chi connectivity index (χ1n) is 12.3. The Labute approximate surface area is 254 Å². The quantitative estimate of drug-likeness (QED) is 0.0791. The Kier molecular flexibility index (Phi) is 29.6. The Balaban J connectivity index is -0.000000481. The molecule has 0 aromatic rings. The van der Waals surface area contributed by atoms with Crippen LogP contribution in [-0.4, -0.2) is 68.0 Å². The van der Waals surface area contributed by atoms with E-state index in [1.807, 2.05) is 0 Å². The molecule has 0 saturated carbocycles. The van der Waals surface area contributed by atoms with Crippen molar-refractivity contribution < 1.29 is 39.6 Å². The summed E-state index contributed by atoms with van der Waals surface area (Å²) in [5.74, 6) is -4.38. The molecule has 0 saturated heterocycles. The van der Waals surface area contributed by atoms with Gasteiger partial charge in [-0.15, -0.1) is 0 Å². The van der Waals surface area contributed by atoms with E-state index in [0.29, 0.717) is 0 Å². The van der Waals surface area contributed by atoms with E-state index in [4.69, 9.17) is 0 Å². The van der Waals surface area contributed by atoms with Gasteiger partial charge in [-0.1, -0.05) is 0 Å². The molecule has 0 bridgehead atoms. The molecule has 0 unspecified atom stereocenters. The fourth-order valence-electron chi connectivity index (χ4n) is 3.29. The van der Waals surface area contributed by atoms with Crippen LogP contribution in [0, 0.1) is 10.8 Å². The number of rotatable bonds is 20. The van der Waals surface area contributed by atoms with E-state index in [1.165, 1.54) is 25.7 Å². The molecule has 0 fully saturated rings. The first-order valence-corrected chi connectivity index (χ1v) is 18.9. The van der Waals surface area contributed by atoms with Gasteiger partial charge in [-0.25, -0.2) is 0 Å². The van der Waals surface area contributed by atoms with Gasteiger partial charge < -0.3 is 39.6 Å². The monoisotopic (exact) mass is 706 g/mol. The summed E-state index contributed by atoms with van der Waals surface area (Å²) in [7, 11) is 0. The molecule has 0 rings (SSSR count). The molecule has 0 aliphatic heterocycles. The van der Waals surface area contributed by atoms with Crippen LogP contribution in [0.5, 0.6) is 0 Å². The maximum Gasteiger partial charge on any atom is 0.0480 e. The van der Waals surface area contributed by atoms with Gasteiger partial charge in [0.05, 0.1) is 0 Å². The van der Waals surface area contributed by atoms with Gasteiger partial charge in [-0.3, -0.25) is 0 Å². The Morgan fingerprint density at radius 2 is 0.865 bits per heavy atom. The van der Waals surface area contributed by atoms with Crippen molar-refractivity contribution in [3.8, 4) is 0 Å². The first-order chi connectivity index (χ1) is 17.4. The van der Waals surface area contributed by atoms with Crippen molar-refractivity contribution in [1.29, 1.82) is 0 Å². The maximum absolute atomic E-state index is 10.9. The standard InChI is InChI=1S/2C8H14O4S2.2C4H9.Sn/c2*9-6(10)5-8(1-3-13,2-4-14)7(11)12;2*1-3-4-2;/h2*13-14H,1-5H2,(H,9,10)(H,11,12);2*1,3-4H2,2H3;/q;;;;+4/p-4. The van der Waals surface area contributed by atoms with E-state index >= 15 is 0 Å². The van der Waals surface area contributed by atoms with Gasteiger partial charge >= 0.3 is 69.5 Å². The van der Waals surface area contributed by atoms with E-state index < -0.39 is 47.5 Å². The van der Waals surface area contributed by atoms with Crippen molar-refractivity contribution in [2.75, 3.05) is 23.0 Å². The Bertz CT molecular complexity index is 574. The van der Waals surface area contributed by atoms with Crippen LogP contribution in [0.2, 0.25) is 8.87 Å². The molecule has 214 valence electrons. The van der Waals surface area contributed by atoms with E-state index in [0.717, 1.165) is 0 Å². The summed E-state index contributed by atoms with van der Waals surface area (Å²) in [6.45, 7) is 4.58. The number of hydrogen-bond acceptors (Lipinski definition) is 12.